The number of carbonyl (C=O) groups excluding carboxylic acids is 1. The summed E-state index contributed by atoms with van der Waals surface area (Å²) in [4.78, 5) is 23.1. The van der Waals surface area contributed by atoms with E-state index in [2.05, 4.69) is 19.2 Å². The maximum Gasteiger partial charge on any atom is 0.280 e. The molecule has 0 bridgehead atoms. The summed E-state index contributed by atoms with van der Waals surface area (Å²) >= 11 is 0. The Kier molecular flexibility index (Phi) is 6.24. The summed E-state index contributed by atoms with van der Waals surface area (Å²) in [6, 6.07) is 17.4. The molecule has 3 aromatic rings. The number of nitrogens with one attached hydrogen (secondary N) is 1. The first-order valence-electron chi connectivity index (χ1n) is 9.41. The fraction of sp³-hybridized carbons (Fsp3) is 0.174. The molecule has 1 amide bonds. The van der Waals surface area contributed by atoms with E-state index in [1.165, 1.54) is 12.1 Å². The molecule has 0 saturated heterocycles. The fourth-order valence-corrected chi connectivity index (χ4v) is 3.02. The predicted molar refractivity (Wildman–Crippen MR) is 114 cm³/mol. The van der Waals surface area contributed by atoms with E-state index in [0.717, 1.165) is 17.7 Å². The Balaban J connectivity index is 1.74. The van der Waals surface area contributed by atoms with Crippen molar-refractivity contribution < 1.29 is 14.1 Å². The zero-order valence-corrected chi connectivity index (χ0v) is 16.3. The summed E-state index contributed by atoms with van der Waals surface area (Å²) in [5.74, 6) is 0.872. The van der Waals surface area contributed by atoms with Crippen LogP contribution in [0.2, 0.25) is 0 Å². The van der Waals surface area contributed by atoms with Crippen molar-refractivity contribution in [1.29, 1.82) is 0 Å². The Bertz CT molecular complexity index is 1050. The first kappa shape index (κ1) is 20.1. The van der Waals surface area contributed by atoms with Crippen LogP contribution >= 0.6 is 0 Å². The second kappa shape index (κ2) is 9.01. The number of nitro groups is 1. The van der Waals surface area contributed by atoms with Gasteiger partial charge in [0.2, 0.25) is 5.91 Å². The highest BCUT2D eigenvalue weighted by Crippen LogP contribution is 2.31. The highest BCUT2D eigenvalue weighted by atomic mass is 16.6. The van der Waals surface area contributed by atoms with Crippen LogP contribution in [0.1, 0.15) is 37.5 Å². The second-order valence-corrected chi connectivity index (χ2v) is 6.70. The van der Waals surface area contributed by atoms with Gasteiger partial charge in [0.25, 0.3) is 5.69 Å². The molecule has 1 atom stereocenters. The minimum atomic E-state index is -0.449. The Morgan fingerprint density at radius 2 is 1.86 bits per heavy atom. The van der Waals surface area contributed by atoms with Gasteiger partial charge in [0, 0.05) is 17.8 Å². The van der Waals surface area contributed by atoms with Crippen LogP contribution in [0, 0.1) is 10.1 Å². The quantitative estimate of drug-likeness (QED) is 0.304. The number of benzene rings is 2. The summed E-state index contributed by atoms with van der Waals surface area (Å²) in [7, 11) is 0. The summed E-state index contributed by atoms with van der Waals surface area (Å²) in [6.07, 6.45) is 3.90. The topological polar surface area (TPSA) is 85.4 Å². The number of hydrogen-bond donors (Lipinski definition) is 1. The molecule has 3 rings (SSSR count). The molecule has 0 spiro atoms. The average Bonchev–Trinajstić information content (AvgIpc) is 3.21. The van der Waals surface area contributed by atoms with Crippen molar-refractivity contribution >= 4 is 23.4 Å². The molecular weight excluding hydrogens is 368 g/mol. The highest BCUT2D eigenvalue weighted by molar-refractivity contribution is 6.02. The molecular formula is C23H22N2O4. The maximum atomic E-state index is 12.3. The number of amides is 1. The van der Waals surface area contributed by atoms with Gasteiger partial charge >= 0.3 is 0 Å². The largest absolute Gasteiger partial charge is 0.456 e. The van der Waals surface area contributed by atoms with Gasteiger partial charge in [-0.15, -0.1) is 0 Å². The third kappa shape index (κ3) is 4.79. The molecule has 0 unspecified atom stereocenters. The van der Waals surface area contributed by atoms with Gasteiger partial charge in [-0.3, -0.25) is 14.9 Å². The summed E-state index contributed by atoms with van der Waals surface area (Å²) in [5, 5.41) is 14.1. The standard InChI is InChI=1S/C23H22N2O4/c1-3-16(2)18-8-4-6-10-20(18)24-23(26)15-13-17-12-14-22(29-17)19-9-5-7-11-21(19)25(27)28/h4-16H,3H2,1-2H3,(H,24,26)/b15-13+/t16-/m1/s1. The molecule has 0 radical (unpaired) electrons. The normalized spacial score (nSPS) is 12.1. The van der Waals surface area contributed by atoms with E-state index in [1.807, 2.05) is 24.3 Å². The minimum Gasteiger partial charge on any atom is -0.456 e. The van der Waals surface area contributed by atoms with Crippen molar-refractivity contribution in [2.45, 2.75) is 26.2 Å². The van der Waals surface area contributed by atoms with E-state index in [1.54, 1.807) is 36.4 Å². The van der Waals surface area contributed by atoms with Crippen LogP contribution in [0.5, 0.6) is 0 Å². The van der Waals surface area contributed by atoms with E-state index in [-0.39, 0.29) is 11.6 Å². The monoisotopic (exact) mass is 390 g/mol. The predicted octanol–water partition coefficient (Wildman–Crippen LogP) is 6.02. The molecule has 1 N–H and O–H groups in total. The summed E-state index contributed by atoms with van der Waals surface area (Å²) < 4.78 is 5.67. The van der Waals surface area contributed by atoms with Crippen LogP contribution in [0.4, 0.5) is 11.4 Å². The van der Waals surface area contributed by atoms with Crippen LogP contribution in [-0.2, 0) is 4.79 Å². The SMILES string of the molecule is CC[C@@H](C)c1ccccc1NC(=O)/C=C/c1ccc(-c2ccccc2[N+](=O)[O-])o1. The Morgan fingerprint density at radius 1 is 1.14 bits per heavy atom. The third-order valence-corrected chi connectivity index (χ3v) is 4.75. The third-order valence-electron chi connectivity index (χ3n) is 4.75. The summed E-state index contributed by atoms with van der Waals surface area (Å²) in [5.41, 5.74) is 2.24. The Labute approximate surface area is 169 Å². The first-order valence-corrected chi connectivity index (χ1v) is 9.41. The molecule has 1 heterocycles. The molecule has 0 aliphatic carbocycles. The maximum absolute atomic E-state index is 12.3. The van der Waals surface area contributed by atoms with Crippen molar-refractivity contribution in [2.24, 2.45) is 0 Å². The Hall–Kier alpha value is -3.67. The van der Waals surface area contributed by atoms with Crippen molar-refractivity contribution in [3.8, 4) is 11.3 Å². The van der Waals surface area contributed by atoms with Crippen LogP contribution < -0.4 is 5.32 Å². The van der Waals surface area contributed by atoms with Gasteiger partial charge in [-0.1, -0.05) is 44.2 Å². The summed E-state index contributed by atoms with van der Waals surface area (Å²) in [6.45, 7) is 4.22. The fourth-order valence-electron chi connectivity index (χ4n) is 3.02. The number of hydrogen-bond acceptors (Lipinski definition) is 4. The number of furan rings is 1. The Morgan fingerprint density at radius 3 is 2.62 bits per heavy atom. The molecule has 0 saturated carbocycles. The van der Waals surface area contributed by atoms with Gasteiger partial charge in [0.05, 0.1) is 10.5 Å². The zero-order valence-electron chi connectivity index (χ0n) is 16.3. The highest BCUT2D eigenvalue weighted by Gasteiger charge is 2.16. The van der Waals surface area contributed by atoms with Crippen molar-refractivity contribution in [2.75, 3.05) is 5.32 Å². The first-order chi connectivity index (χ1) is 14.0. The van der Waals surface area contributed by atoms with Crippen molar-refractivity contribution in [1.82, 2.24) is 0 Å². The molecule has 0 aliphatic rings. The van der Waals surface area contributed by atoms with E-state index in [0.29, 0.717) is 23.0 Å². The van der Waals surface area contributed by atoms with Gasteiger partial charge in [0.1, 0.15) is 11.5 Å². The molecule has 0 fully saturated rings. The van der Waals surface area contributed by atoms with E-state index < -0.39 is 4.92 Å². The van der Waals surface area contributed by atoms with Crippen molar-refractivity contribution in [3.05, 3.63) is 88.2 Å². The number of nitrogens with zero attached hydrogens (tertiary/aromatic N) is 1. The molecule has 0 aliphatic heterocycles. The molecule has 6 nitrogen and oxygen atoms in total. The molecule has 2 aromatic carbocycles. The average molecular weight is 390 g/mol. The van der Waals surface area contributed by atoms with Crippen LogP contribution in [0.15, 0.2) is 71.2 Å². The van der Waals surface area contributed by atoms with Crippen LogP contribution in [0.25, 0.3) is 17.4 Å². The van der Waals surface area contributed by atoms with Crippen LogP contribution in [-0.4, -0.2) is 10.8 Å². The number of anilines is 1. The number of para-hydroxylation sites is 2. The zero-order chi connectivity index (χ0) is 20.8. The smallest absolute Gasteiger partial charge is 0.280 e. The minimum absolute atomic E-state index is 0.0308. The molecule has 6 heteroatoms. The molecule has 29 heavy (non-hydrogen) atoms. The lowest BCUT2D eigenvalue weighted by molar-refractivity contribution is -0.384. The number of carbonyl (C=O) groups is 1. The van der Waals surface area contributed by atoms with Gasteiger partial charge in [-0.25, -0.2) is 0 Å². The number of nitro benzene ring substituents is 1. The van der Waals surface area contributed by atoms with E-state index in [4.69, 9.17) is 4.42 Å². The molecule has 148 valence electrons. The second-order valence-electron chi connectivity index (χ2n) is 6.70. The van der Waals surface area contributed by atoms with Gasteiger partial charge in [0.15, 0.2) is 0 Å². The van der Waals surface area contributed by atoms with E-state index in [9.17, 15) is 14.9 Å². The number of rotatable bonds is 7. The van der Waals surface area contributed by atoms with Gasteiger partial charge < -0.3 is 9.73 Å². The molecule has 1 aromatic heterocycles. The van der Waals surface area contributed by atoms with E-state index >= 15 is 0 Å². The van der Waals surface area contributed by atoms with Crippen molar-refractivity contribution in [3.63, 3.8) is 0 Å². The lowest BCUT2D eigenvalue weighted by Crippen LogP contribution is -2.10. The van der Waals surface area contributed by atoms with Gasteiger partial charge in [-0.05, 0) is 48.2 Å². The lowest BCUT2D eigenvalue weighted by atomic mass is 9.97. The van der Waals surface area contributed by atoms with Gasteiger partial charge in [-0.2, -0.15) is 0 Å². The lowest BCUT2D eigenvalue weighted by Gasteiger charge is -2.14. The van der Waals surface area contributed by atoms with Crippen LogP contribution in [0.3, 0.4) is 0 Å².